The Morgan fingerprint density at radius 2 is 1.36 bits per heavy atom. The molecule has 1 amide bonds. The maximum absolute atomic E-state index is 12.7. The summed E-state index contributed by atoms with van der Waals surface area (Å²) in [6.45, 7) is 4.15. The van der Waals surface area contributed by atoms with Gasteiger partial charge < -0.3 is 5.32 Å². The zero-order valence-corrected chi connectivity index (χ0v) is 19.7. The standard InChI is InChI=1S/C26H22Cl2N4O/c1-16-4-3-5-22(17(16)2)29-15-25(33)32-26-30-23(18-6-10-20(27)11-7-18)14-24(31-26)19-8-12-21(28)13-9-19/h3-14,29H,15H2,1-2H3,(H,30,31,32,33). The first-order valence-corrected chi connectivity index (χ1v) is 11.2. The summed E-state index contributed by atoms with van der Waals surface area (Å²) in [5.74, 6) is -0.0219. The van der Waals surface area contributed by atoms with Gasteiger partial charge in [0.25, 0.3) is 0 Å². The number of carbonyl (C=O) groups excluding carboxylic acids is 1. The lowest BCUT2D eigenvalue weighted by molar-refractivity contribution is -0.114. The van der Waals surface area contributed by atoms with Gasteiger partial charge >= 0.3 is 0 Å². The molecule has 5 nitrogen and oxygen atoms in total. The summed E-state index contributed by atoms with van der Waals surface area (Å²) in [5, 5.41) is 7.27. The molecule has 1 aromatic heterocycles. The Morgan fingerprint density at radius 1 is 0.818 bits per heavy atom. The Balaban J connectivity index is 1.60. The van der Waals surface area contributed by atoms with Crippen molar-refractivity contribution in [2.24, 2.45) is 0 Å². The van der Waals surface area contributed by atoms with Crippen molar-refractivity contribution in [3.05, 3.63) is 94.0 Å². The molecule has 0 aliphatic rings. The number of hydrogen-bond donors (Lipinski definition) is 2. The molecule has 33 heavy (non-hydrogen) atoms. The number of nitrogens with one attached hydrogen (secondary N) is 2. The van der Waals surface area contributed by atoms with Gasteiger partial charge in [0.2, 0.25) is 11.9 Å². The fourth-order valence-corrected chi connectivity index (χ4v) is 3.58. The van der Waals surface area contributed by atoms with Crippen molar-refractivity contribution in [2.45, 2.75) is 13.8 Å². The summed E-state index contributed by atoms with van der Waals surface area (Å²) in [4.78, 5) is 21.8. The zero-order valence-electron chi connectivity index (χ0n) is 18.2. The van der Waals surface area contributed by atoms with Crippen molar-refractivity contribution in [3.8, 4) is 22.5 Å². The molecule has 0 aliphatic carbocycles. The number of carbonyl (C=O) groups is 1. The number of aromatic nitrogens is 2. The molecular formula is C26H22Cl2N4O. The van der Waals surface area contributed by atoms with E-state index in [1.165, 1.54) is 0 Å². The molecule has 4 rings (SSSR count). The highest BCUT2D eigenvalue weighted by Gasteiger charge is 2.12. The number of aryl methyl sites for hydroxylation is 1. The van der Waals surface area contributed by atoms with E-state index < -0.39 is 0 Å². The van der Waals surface area contributed by atoms with Gasteiger partial charge in [0, 0.05) is 26.9 Å². The molecule has 0 saturated carbocycles. The quantitative estimate of drug-likeness (QED) is 0.321. The van der Waals surface area contributed by atoms with Crippen molar-refractivity contribution in [1.82, 2.24) is 9.97 Å². The second-order valence-electron chi connectivity index (χ2n) is 7.63. The Bertz CT molecular complexity index is 1230. The van der Waals surface area contributed by atoms with E-state index in [4.69, 9.17) is 23.2 Å². The molecule has 166 valence electrons. The maximum Gasteiger partial charge on any atom is 0.246 e. The van der Waals surface area contributed by atoms with E-state index in [9.17, 15) is 4.79 Å². The predicted molar refractivity (Wildman–Crippen MR) is 136 cm³/mol. The molecule has 0 spiro atoms. The van der Waals surface area contributed by atoms with Crippen LogP contribution in [-0.4, -0.2) is 22.4 Å². The van der Waals surface area contributed by atoms with Crippen molar-refractivity contribution in [2.75, 3.05) is 17.2 Å². The first-order chi connectivity index (χ1) is 15.9. The molecule has 0 saturated heterocycles. The van der Waals surface area contributed by atoms with Gasteiger partial charge in [-0.1, -0.05) is 59.6 Å². The van der Waals surface area contributed by atoms with Crippen LogP contribution in [0.25, 0.3) is 22.5 Å². The number of benzene rings is 3. The van der Waals surface area contributed by atoms with E-state index in [1.807, 2.05) is 62.4 Å². The number of nitrogens with zero attached hydrogens (tertiary/aromatic N) is 2. The third kappa shape index (κ3) is 5.69. The van der Waals surface area contributed by atoms with Gasteiger partial charge in [-0.25, -0.2) is 9.97 Å². The lowest BCUT2D eigenvalue weighted by Crippen LogP contribution is -2.23. The predicted octanol–water partition coefficient (Wildman–Crippen LogP) is 6.78. The van der Waals surface area contributed by atoms with Gasteiger partial charge in [-0.3, -0.25) is 10.1 Å². The molecule has 0 atom stereocenters. The average Bonchev–Trinajstić information content (AvgIpc) is 2.81. The number of halogens is 2. The topological polar surface area (TPSA) is 66.9 Å². The highest BCUT2D eigenvalue weighted by Crippen LogP contribution is 2.27. The van der Waals surface area contributed by atoms with Crippen molar-refractivity contribution < 1.29 is 4.79 Å². The highest BCUT2D eigenvalue weighted by atomic mass is 35.5. The third-order valence-electron chi connectivity index (χ3n) is 5.30. The molecule has 0 unspecified atom stereocenters. The molecule has 3 aromatic carbocycles. The molecule has 0 fully saturated rings. The lowest BCUT2D eigenvalue weighted by atomic mass is 10.1. The van der Waals surface area contributed by atoms with Crippen LogP contribution in [0.4, 0.5) is 11.6 Å². The zero-order chi connectivity index (χ0) is 23.4. The summed E-state index contributed by atoms with van der Waals surface area (Å²) >= 11 is 12.1. The third-order valence-corrected chi connectivity index (χ3v) is 5.81. The molecule has 0 aliphatic heterocycles. The average molecular weight is 477 g/mol. The Kier molecular flexibility index (Phi) is 6.92. The molecule has 4 aromatic rings. The molecule has 1 heterocycles. The number of anilines is 2. The van der Waals surface area contributed by atoms with E-state index in [1.54, 1.807) is 24.3 Å². The second-order valence-corrected chi connectivity index (χ2v) is 8.50. The normalized spacial score (nSPS) is 10.7. The number of rotatable bonds is 6. The van der Waals surface area contributed by atoms with E-state index in [0.717, 1.165) is 27.9 Å². The summed E-state index contributed by atoms with van der Waals surface area (Å²) in [5.41, 5.74) is 6.25. The van der Waals surface area contributed by atoms with Crippen LogP contribution in [0.3, 0.4) is 0 Å². The Hall–Kier alpha value is -3.41. The SMILES string of the molecule is Cc1cccc(NCC(=O)Nc2nc(-c3ccc(Cl)cc3)cc(-c3ccc(Cl)cc3)n2)c1C. The number of amides is 1. The second kappa shape index (κ2) is 10.0. The molecular weight excluding hydrogens is 455 g/mol. The Morgan fingerprint density at radius 3 is 1.91 bits per heavy atom. The van der Waals surface area contributed by atoms with Gasteiger partial charge in [0.05, 0.1) is 17.9 Å². The fourth-order valence-electron chi connectivity index (χ4n) is 3.33. The number of hydrogen-bond acceptors (Lipinski definition) is 4. The van der Waals surface area contributed by atoms with Crippen LogP contribution in [0.15, 0.2) is 72.8 Å². The lowest BCUT2D eigenvalue weighted by Gasteiger charge is -2.12. The van der Waals surface area contributed by atoms with E-state index in [-0.39, 0.29) is 18.4 Å². The minimum absolute atomic E-state index is 0.0924. The van der Waals surface area contributed by atoms with E-state index in [2.05, 4.69) is 20.6 Å². The van der Waals surface area contributed by atoms with E-state index in [0.29, 0.717) is 21.4 Å². The van der Waals surface area contributed by atoms with Crippen LogP contribution < -0.4 is 10.6 Å². The van der Waals surface area contributed by atoms with Crippen LogP contribution >= 0.6 is 23.2 Å². The highest BCUT2D eigenvalue weighted by molar-refractivity contribution is 6.30. The smallest absolute Gasteiger partial charge is 0.246 e. The van der Waals surface area contributed by atoms with Gasteiger partial charge in [0.1, 0.15) is 0 Å². The minimum atomic E-state index is -0.244. The molecule has 0 radical (unpaired) electrons. The first kappa shape index (κ1) is 22.8. The van der Waals surface area contributed by atoms with Crippen LogP contribution in [0, 0.1) is 13.8 Å². The summed E-state index contributed by atoms with van der Waals surface area (Å²) in [6, 6.07) is 22.5. The Labute approximate surface area is 202 Å². The van der Waals surface area contributed by atoms with Gasteiger partial charge in [-0.05, 0) is 61.4 Å². The molecule has 7 heteroatoms. The van der Waals surface area contributed by atoms with Crippen molar-refractivity contribution in [3.63, 3.8) is 0 Å². The van der Waals surface area contributed by atoms with Crippen LogP contribution in [0.1, 0.15) is 11.1 Å². The van der Waals surface area contributed by atoms with Crippen LogP contribution in [0.2, 0.25) is 10.0 Å². The van der Waals surface area contributed by atoms with Gasteiger partial charge in [-0.15, -0.1) is 0 Å². The van der Waals surface area contributed by atoms with E-state index >= 15 is 0 Å². The van der Waals surface area contributed by atoms with Crippen LogP contribution in [-0.2, 0) is 4.79 Å². The summed E-state index contributed by atoms with van der Waals surface area (Å²) in [7, 11) is 0. The molecule has 2 N–H and O–H groups in total. The van der Waals surface area contributed by atoms with Crippen molar-refractivity contribution in [1.29, 1.82) is 0 Å². The summed E-state index contributed by atoms with van der Waals surface area (Å²) < 4.78 is 0. The maximum atomic E-state index is 12.7. The van der Waals surface area contributed by atoms with Gasteiger partial charge in [-0.2, -0.15) is 0 Å². The van der Waals surface area contributed by atoms with Crippen LogP contribution in [0.5, 0.6) is 0 Å². The largest absolute Gasteiger partial charge is 0.376 e. The minimum Gasteiger partial charge on any atom is -0.376 e. The first-order valence-electron chi connectivity index (χ1n) is 10.4. The van der Waals surface area contributed by atoms with Gasteiger partial charge in [0.15, 0.2) is 0 Å². The monoisotopic (exact) mass is 476 g/mol. The molecule has 0 bridgehead atoms. The summed E-state index contributed by atoms with van der Waals surface area (Å²) in [6.07, 6.45) is 0. The van der Waals surface area contributed by atoms with Crippen molar-refractivity contribution >= 4 is 40.7 Å². The fraction of sp³-hybridized carbons (Fsp3) is 0.115.